The van der Waals surface area contributed by atoms with Crippen LogP contribution in [-0.2, 0) is 26.2 Å². The molecule has 0 heterocycles. The summed E-state index contributed by atoms with van der Waals surface area (Å²) in [5.74, 6) is -0.215. The Balaban J connectivity index is 2.07. The first kappa shape index (κ1) is 32.0. The van der Waals surface area contributed by atoms with Crippen LogP contribution in [0.15, 0.2) is 77.7 Å². The third-order valence-electron chi connectivity index (χ3n) is 6.54. The van der Waals surface area contributed by atoms with Gasteiger partial charge in [-0.05, 0) is 55.2 Å². The molecule has 1 atom stereocenters. The molecule has 3 aromatic rings. The van der Waals surface area contributed by atoms with Crippen LogP contribution in [0.5, 0.6) is 5.75 Å². The van der Waals surface area contributed by atoms with E-state index < -0.39 is 28.5 Å². The molecule has 0 aliphatic heterocycles. The standard InChI is InChI=1S/C31H38ClN3O5S/c1-6-28(31(37)33-19-22(2)3)34(20-24-12-10-11-23(4)17-24)30(36)21-35(25-15-16-29(40-5)27(32)18-25)41(38,39)26-13-8-7-9-14-26/h7-18,22,28H,6,19-21H2,1-5H3,(H,33,37). The zero-order valence-electron chi connectivity index (χ0n) is 24.1. The number of halogens is 1. The van der Waals surface area contributed by atoms with Gasteiger partial charge in [0.05, 0.1) is 22.7 Å². The molecule has 41 heavy (non-hydrogen) atoms. The lowest BCUT2D eigenvalue weighted by atomic mass is 10.1. The van der Waals surface area contributed by atoms with E-state index in [2.05, 4.69) is 5.32 Å². The van der Waals surface area contributed by atoms with Crippen molar-refractivity contribution in [1.29, 1.82) is 0 Å². The number of benzene rings is 3. The highest BCUT2D eigenvalue weighted by atomic mass is 35.5. The highest BCUT2D eigenvalue weighted by Gasteiger charge is 2.34. The smallest absolute Gasteiger partial charge is 0.264 e. The molecule has 0 saturated carbocycles. The van der Waals surface area contributed by atoms with Gasteiger partial charge in [0.2, 0.25) is 11.8 Å². The number of ether oxygens (including phenoxy) is 1. The quantitative estimate of drug-likeness (QED) is 0.283. The summed E-state index contributed by atoms with van der Waals surface area (Å²) in [7, 11) is -2.73. The predicted molar refractivity (Wildman–Crippen MR) is 163 cm³/mol. The lowest BCUT2D eigenvalue weighted by molar-refractivity contribution is -0.140. The third-order valence-corrected chi connectivity index (χ3v) is 8.62. The van der Waals surface area contributed by atoms with Crippen molar-refractivity contribution in [3.05, 3.63) is 88.9 Å². The number of methoxy groups -OCH3 is 1. The Morgan fingerprint density at radius 1 is 1.00 bits per heavy atom. The molecule has 220 valence electrons. The van der Waals surface area contributed by atoms with Gasteiger partial charge in [0.15, 0.2) is 0 Å². The number of carbonyl (C=O) groups is 2. The summed E-state index contributed by atoms with van der Waals surface area (Å²) in [6.07, 6.45) is 0.348. The van der Waals surface area contributed by atoms with Crippen LogP contribution in [0.1, 0.15) is 38.3 Å². The van der Waals surface area contributed by atoms with Crippen molar-refractivity contribution in [3.63, 3.8) is 0 Å². The fourth-order valence-electron chi connectivity index (χ4n) is 4.41. The van der Waals surface area contributed by atoms with Gasteiger partial charge < -0.3 is 15.0 Å². The van der Waals surface area contributed by atoms with Crippen LogP contribution in [0.25, 0.3) is 0 Å². The maximum absolute atomic E-state index is 14.1. The Bertz CT molecular complexity index is 1450. The Labute approximate surface area is 248 Å². The summed E-state index contributed by atoms with van der Waals surface area (Å²) in [4.78, 5) is 28.9. The van der Waals surface area contributed by atoms with Gasteiger partial charge in [0.1, 0.15) is 18.3 Å². The second kappa shape index (κ2) is 14.4. The number of carbonyl (C=O) groups excluding carboxylic acids is 2. The Morgan fingerprint density at radius 2 is 1.71 bits per heavy atom. The van der Waals surface area contributed by atoms with Gasteiger partial charge in [-0.3, -0.25) is 13.9 Å². The van der Waals surface area contributed by atoms with E-state index in [0.29, 0.717) is 18.7 Å². The minimum absolute atomic E-state index is 0.0201. The van der Waals surface area contributed by atoms with Crippen molar-refractivity contribution in [2.24, 2.45) is 5.92 Å². The van der Waals surface area contributed by atoms with Gasteiger partial charge in [0.25, 0.3) is 10.0 Å². The van der Waals surface area contributed by atoms with Crippen LogP contribution >= 0.6 is 11.6 Å². The zero-order valence-corrected chi connectivity index (χ0v) is 25.7. The van der Waals surface area contributed by atoms with Crippen LogP contribution in [0.4, 0.5) is 5.69 Å². The molecule has 0 radical (unpaired) electrons. The first-order valence-electron chi connectivity index (χ1n) is 13.5. The molecule has 0 bridgehead atoms. The second-order valence-electron chi connectivity index (χ2n) is 10.2. The second-order valence-corrected chi connectivity index (χ2v) is 12.5. The molecule has 1 N–H and O–H groups in total. The van der Waals surface area contributed by atoms with Crippen LogP contribution < -0.4 is 14.4 Å². The van der Waals surface area contributed by atoms with E-state index in [-0.39, 0.29) is 34.0 Å². The fraction of sp³-hybridized carbons (Fsp3) is 0.355. The summed E-state index contributed by atoms with van der Waals surface area (Å²) < 4.78 is 34.1. The van der Waals surface area contributed by atoms with E-state index in [1.807, 2.05) is 52.0 Å². The van der Waals surface area contributed by atoms with Gasteiger partial charge in [-0.2, -0.15) is 0 Å². The van der Waals surface area contributed by atoms with E-state index in [9.17, 15) is 18.0 Å². The van der Waals surface area contributed by atoms with E-state index in [4.69, 9.17) is 16.3 Å². The number of nitrogens with one attached hydrogen (secondary N) is 1. The number of aryl methyl sites for hydroxylation is 1. The number of anilines is 1. The Kier molecular flexibility index (Phi) is 11.2. The van der Waals surface area contributed by atoms with Crippen LogP contribution in [-0.4, -0.2) is 51.4 Å². The maximum atomic E-state index is 14.1. The first-order valence-corrected chi connectivity index (χ1v) is 15.3. The summed E-state index contributed by atoms with van der Waals surface area (Å²) in [5, 5.41) is 3.13. The number of hydrogen-bond acceptors (Lipinski definition) is 5. The molecular formula is C31H38ClN3O5S. The molecular weight excluding hydrogens is 562 g/mol. The predicted octanol–water partition coefficient (Wildman–Crippen LogP) is 5.43. The average molecular weight is 600 g/mol. The van der Waals surface area contributed by atoms with E-state index in [0.717, 1.165) is 15.4 Å². The van der Waals surface area contributed by atoms with Gasteiger partial charge in [-0.25, -0.2) is 8.42 Å². The molecule has 1 unspecified atom stereocenters. The van der Waals surface area contributed by atoms with Gasteiger partial charge >= 0.3 is 0 Å². The fourth-order valence-corrected chi connectivity index (χ4v) is 6.09. The van der Waals surface area contributed by atoms with Crippen molar-refractivity contribution in [2.75, 3.05) is 24.5 Å². The van der Waals surface area contributed by atoms with Gasteiger partial charge in [-0.1, -0.05) is 80.4 Å². The van der Waals surface area contributed by atoms with Crippen molar-refractivity contribution < 1.29 is 22.7 Å². The molecule has 0 fully saturated rings. The number of nitrogens with zero attached hydrogens (tertiary/aromatic N) is 2. The zero-order chi connectivity index (χ0) is 30.2. The minimum Gasteiger partial charge on any atom is -0.495 e. The largest absolute Gasteiger partial charge is 0.495 e. The normalized spacial score (nSPS) is 12.1. The van der Waals surface area contributed by atoms with Crippen LogP contribution in [0.2, 0.25) is 5.02 Å². The highest BCUT2D eigenvalue weighted by molar-refractivity contribution is 7.92. The average Bonchev–Trinajstić information content (AvgIpc) is 2.94. The lowest BCUT2D eigenvalue weighted by Crippen LogP contribution is -2.52. The summed E-state index contributed by atoms with van der Waals surface area (Å²) >= 11 is 6.37. The van der Waals surface area contributed by atoms with Crippen molar-refractivity contribution >= 4 is 39.1 Å². The molecule has 10 heteroatoms. The monoisotopic (exact) mass is 599 g/mol. The molecule has 0 aliphatic carbocycles. The molecule has 8 nitrogen and oxygen atoms in total. The summed E-state index contributed by atoms with van der Waals surface area (Å²) in [6.45, 7) is 7.81. The topological polar surface area (TPSA) is 96.0 Å². The first-order chi connectivity index (χ1) is 19.5. The molecule has 0 aliphatic rings. The van der Waals surface area contributed by atoms with Crippen LogP contribution in [0.3, 0.4) is 0 Å². The number of rotatable bonds is 13. The molecule has 3 rings (SSSR count). The summed E-state index contributed by atoms with van der Waals surface area (Å²) in [6, 6.07) is 19.3. The number of amides is 2. The van der Waals surface area contributed by atoms with Crippen LogP contribution in [0, 0.1) is 12.8 Å². The molecule has 0 spiro atoms. The van der Waals surface area contributed by atoms with E-state index in [1.165, 1.54) is 36.3 Å². The van der Waals surface area contributed by atoms with Crippen molar-refractivity contribution in [3.8, 4) is 5.75 Å². The van der Waals surface area contributed by atoms with E-state index >= 15 is 0 Å². The molecule has 3 aromatic carbocycles. The van der Waals surface area contributed by atoms with Gasteiger partial charge in [0, 0.05) is 13.1 Å². The number of hydrogen-bond donors (Lipinski definition) is 1. The SMILES string of the molecule is CCC(C(=O)NCC(C)C)N(Cc1cccc(C)c1)C(=O)CN(c1ccc(OC)c(Cl)c1)S(=O)(=O)c1ccccc1. The maximum Gasteiger partial charge on any atom is 0.264 e. The summed E-state index contributed by atoms with van der Waals surface area (Å²) in [5.41, 5.74) is 2.03. The van der Waals surface area contributed by atoms with E-state index in [1.54, 1.807) is 24.3 Å². The third kappa shape index (κ3) is 8.24. The lowest BCUT2D eigenvalue weighted by Gasteiger charge is -2.33. The molecule has 0 saturated heterocycles. The van der Waals surface area contributed by atoms with Crippen molar-refractivity contribution in [2.45, 2.75) is 51.6 Å². The highest BCUT2D eigenvalue weighted by Crippen LogP contribution is 2.32. The van der Waals surface area contributed by atoms with Crippen molar-refractivity contribution in [1.82, 2.24) is 10.2 Å². The number of sulfonamides is 1. The molecule has 2 amide bonds. The van der Waals surface area contributed by atoms with Gasteiger partial charge in [-0.15, -0.1) is 0 Å². The molecule has 0 aromatic heterocycles. The minimum atomic E-state index is -4.19. The Hall–Kier alpha value is -3.56. The Morgan fingerprint density at radius 3 is 2.29 bits per heavy atom.